The van der Waals surface area contributed by atoms with E-state index in [2.05, 4.69) is 18.7 Å². The van der Waals surface area contributed by atoms with Crippen molar-refractivity contribution in [2.75, 3.05) is 13.1 Å². The van der Waals surface area contributed by atoms with Crippen molar-refractivity contribution in [3.63, 3.8) is 0 Å². The van der Waals surface area contributed by atoms with Crippen LogP contribution in [0.2, 0.25) is 0 Å². The van der Waals surface area contributed by atoms with E-state index in [0.717, 1.165) is 38.3 Å². The zero-order chi connectivity index (χ0) is 13.1. The average molecular weight is 252 g/mol. The van der Waals surface area contributed by atoms with Crippen molar-refractivity contribution in [3.05, 3.63) is 0 Å². The van der Waals surface area contributed by atoms with Gasteiger partial charge < -0.3 is 10.6 Å². The Morgan fingerprint density at radius 1 is 1.06 bits per heavy atom. The number of amides is 1. The summed E-state index contributed by atoms with van der Waals surface area (Å²) in [4.78, 5) is 14.7. The summed E-state index contributed by atoms with van der Waals surface area (Å²) in [6.07, 6.45) is 6.78. The summed E-state index contributed by atoms with van der Waals surface area (Å²) in [5, 5.41) is 0. The number of nitrogens with zero attached hydrogens (tertiary/aromatic N) is 1. The van der Waals surface area contributed by atoms with E-state index in [1.807, 2.05) is 0 Å². The van der Waals surface area contributed by atoms with Crippen LogP contribution in [0.25, 0.3) is 0 Å². The molecule has 0 bridgehead atoms. The second-order valence-corrected chi connectivity index (χ2v) is 6.44. The first-order valence-corrected chi connectivity index (χ1v) is 7.64. The Labute approximate surface area is 111 Å². The third-order valence-corrected chi connectivity index (χ3v) is 5.03. The Kier molecular flexibility index (Phi) is 4.66. The Balaban J connectivity index is 1.97. The van der Waals surface area contributed by atoms with Crippen molar-refractivity contribution in [1.82, 2.24) is 4.90 Å². The third kappa shape index (κ3) is 3.05. The van der Waals surface area contributed by atoms with Gasteiger partial charge in [-0.05, 0) is 31.1 Å². The van der Waals surface area contributed by atoms with Crippen molar-refractivity contribution in [2.24, 2.45) is 23.5 Å². The highest BCUT2D eigenvalue weighted by molar-refractivity contribution is 5.79. The Morgan fingerprint density at radius 2 is 1.78 bits per heavy atom. The molecule has 4 unspecified atom stereocenters. The van der Waals surface area contributed by atoms with Gasteiger partial charge >= 0.3 is 0 Å². The Bertz CT molecular complexity index is 292. The number of rotatable bonds is 1. The average Bonchev–Trinajstić information content (AvgIpc) is 2.56. The van der Waals surface area contributed by atoms with Gasteiger partial charge in [-0.1, -0.05) is 33.1 Å². The third-order valence-electron chi connectivity index (χ3n) is 5.03. The quantitative estimate of drug-likeness (QED) is 0.728. The number of carbonyl (C=O) groups is 1. The topological polar surface area (TPSA) is 46.3 Å². The molecule has 1 aliphatic heterocycles. The molecule has 0 aromatic carbocycles. The van der Waals surface area contributed by atoms with Crippen LogP contribution in [0.1, 0.15) is 52.4 Å². The van der Waals surface area contributed by atoms with Crippen molar-refractivity contribution in [2.45, 2.75) is 58.4 Å². The lowest BCUT2D eigenvalue weighted by Gasteiger charge is -2.38. The minimum absolute atomic E-state index is 0.0908. The van der Waals surface area contributed by atoms with E-state index >= 15 is 0 Å². The van der Waals surface area contributed by atoms with Gasteiger partial charge in [0.05, 0.1) is 5.92 Å². The molecule has 2 aliphatic rings. The maximum absolute atomic E-state index is 12.6. The smallest absolute Gasteiger partial charge is 0.227 e. The Hall–Kier alpha value is -0.570. The molecule has 3 nitrogen and oxygen atoms in total. The highest BCUT2D eigenvalue weighted by atomic mass is 16.2. The van der Waals surface area contributed by atoms with Crippen LogP contribution in [0, 0.1) is 17.8 Å². The predicted octanol–water partition coefficient (Wildman–Crippen LogP) is 2.40. The van der Waals surface area contributed by atoms with Gasteiger partial charge in [-0.25, -0.2) is 0 Å². The van der Waals surface area contributed by atoms with Crippen LogP contribution in [-0.2, 0) is 4.79 Å². The second-order valence-electron chi connectivity index (χ2n) is 6.44. The van der Waals surface area contributed by atoms with Gasteiger partial charge in [0.25, 0.3) is 0 Å². The SMILES string of the molecule is CC1CCN(C(=O)C2CCCCCC2N)CC1C. The standard InChI is InChI=1S/C15H28N2O/c1-11-8-9-17(10-12(11)2)15(18)13-6-4-3-5-7-14(13)16/h11-14H,3-10,16H2,1-2H3. The molecule has 0 aromatic rings. The van der Waals surface area contributed by atoms with Gasteiger partial charge in [0, 0.05) is 19.1 Å². The number of hydrogen-bond acceptors (Lipinski definition) is 2. The molecule has 1 saturated carbocycles. The number of piperidine rings is 1. The molecule has 104 valence electrons. The summed E-state index contributed by atoms with van der Waals surface area (Å²) in [7, 11) is 0. The number of nitrogens with two attached hydrogens (primary N) is 1. The molecule has 1 heterocycles. The zero-order valence-corrected chi connectivity index (χ0v) is 11.9. The molecule has 1 saturated heterocycles. The van der Waals surface area contributed by atoms with Crippen LogP contribution in [0.15, 0.2) is 0 Å². The van der Waals surface area contributed by atoms with Crippen LogP contribution < -0.4 is 5.73 Å². The summed E-state index contributed by atoms with van der Waals surface area (Å²) >= 11 is 0. The Morgan fingerprint density at radius 3 is 2.50 bits per heavy atom. The van der Waals surface area contributed by atoms with Gasteiger partial charge in [-0.3, -0.25) is 4.79 Å². The van der Waals surface area contributed by atoms with E-state index in [1.54, 1.807) is 0 Å². The van der Waals surface area contributed by atoms with Gasteiger partial charge in [0.15, 0.2) is 0 Å². The van der Waals surface area contributed by atoms with E-state index in [0.29, 0.717) is 11.8 Å². The predicted molar refractivity (Wildman–Crippen MR) is 74.1 cm³/mol. The minimum Gasteiger partial charge on any atom is -0.342 e. The normalized spacial score (nSPS) is 38.3. The largest absolute Gasteiger partial charge is 0.342 e. The van der Waals surface area contributed by atoms with Gasteiger partial charge in [0.1, 0.15) is 0 Å². The first kappa shape index (κ1) is 13.9. The fraction of sp³-hybridized carbons (Fsp3) is 0.933. The molecule has 0 spiro atoms. The molecule has 1 amide bonds. The van der Waals surface area contributed by atoms with Crippen LogP contribution >= 0.6 is 0 Å². The second kappa shape index (κ2) is 6.05. The number of likely N-dealkylation sites (tertiary alicyclic amines) is 1. The van der Waals surface area contributed by atoms with Gasteiger partial charge in [-0.2, -0.15) is 0 Å². The van der Waals surface area contributed by atoms with Crippen molar-refractivity contribution < 1.29 is 4.79 Å². The summed E-state index contributed by atoms with van der Waals surface area (Å²) in [5.41, 5.74) is 6.20. The summed E-state index contributed by atoms with van der Waals surface area (Å²) in [5.74, 6) is 1.80. The molecule has 4 atom stereocenters. The van der Waals surface area contributed by atoms with Gasteiger partial charge in [-0.15, -0.1) is 0 Å². The lowest BCUT2D eigenvalue weighted by atomic mass is 9.86. The molecule has 18 heavy (non-hydrogen) atoms. The van der Waals surface area contributed by atoms with E-state index in [-0.39, 0.29) is 12.0 Å². The first-order chi connectivity index (χ1) is 8.59. The van der Waals surface area contributed by atoms with Crippen LogP contribution in [0.4, 0.5) is 0 Å². The molecule has 2 N–H and O–H groups in total. The molecule has 3 heteroatoms. The maximum atomic E-state index is 12.6. The molecular weight excluding hydrogens is 224 g/mol. The maximum Gasteiger partial charge on any atom is 0.227 e. The van der Waals surface area contributed by atoms with E-state index < -0.39 is 0 Å². The molecule has 1 aliphatic carbocycles. The summed E-state index contributed by atoms with van der Waals surface area (Å²) < 4.78 is 0. The van der Waals surface area contributed by atoms with Crippen LogP contribution in [0.5, 0.6) is 0 Å². The zero-order valence-electron chi connectivity index (χ0n) is 11.9. The minimum atomic E-state index is 0.0908. The van der Waals surface area contributed by atoms with Crippen molar-refractivity contribution >= 4 is 5.91 Å². The highest BCUT2D eigenvalue weighted by Gasteiger charge is 2.33. The van der Waals surface area contributed by atoms with E-state index in [4.69, 9.17) is 5.73 Å². The highest BCUT2D eigenvalue weighted by Crippen LogP contribution is 2.28. The van der Waals surface area contributed by atoms with Crippen molar-refractivity contribution in [3.8, 4) is 0 Å². The molecule has 2 fully saturated rings. The fourth-order valence-corrected chi connectivity index (χ4v) is 3.34. The lowest BCUT2D eigenvalue weighted by Crippen LogP contribution is -2.48. The number of hydrogen-bond donors (Lipinski definition) is 1. The van der Waals surface area contributed by atoms with Crippen LogP contribution in [-0.4, -0.2) is 29.9 Å². The van der Waals surface area contributed by atoms with Crippen molar-refractivity contribution in [1.29, 1.82) is 0 Å². The number of carbonyl (C=O) groups excluding carboxylic acids is 1. The first-order valence-electron chi connectivity index (χ1n) is 7.64. The monoisotopic (exact) mass is 252 g/mol. The summed E-state index contributed by atoms with van der Waals surface area (Å²) in [6, 6.07) is 0.0923. The van der Waals surface area contributed by atoms with Gasteiger partial charge in [0.2, 0.25) is 5.91 Å². The fourth-order valence-electron chi connectivity index (χ4n) is 3.34. The molecule has 2 rings (SSSR count). The van der Waals surface area contributed by atoms with Crippen LogP contribution in [0.3, 0.4) is 0 Å². The lowest BCUT2D eigenvalue weighted by molar-refractivity contribution is -0.138. The molecular formula is C15H28N2O. The summed E-state index contributed by atoms with van der Waals surface area (Å²) in [6.45, 7) is 6.43. The van der Waals surface area contributed by atoms with E-state index in [1.165, 1.54) is 19.3 Å². The molecule has 0 aromatic heterocycles. The molecule has 0 radical (unpaired) electrons. The van der Waals surface area contributed by atoms with E-state index in [9.17, 15) is 4.79 Å².